The molecular formula is C10H11N3O. The van der Waals surface area contributed by atoms with Gasteiger partial charge in [-0.05, 0) is 18.6 Å². The van der Waals surface area contributed by atoms with Gasteiger partial charge in [0.25, 0.3) is 0 Å². The van der Waals surface area contributed by atoms with Crippen LogP contribution in [0.25, 0.3) is 0 Å². The Morgan fingerprint density at radius 3 is 3.14 bits per heavy atom. The molecule has 0 radical (unpaired) electrons. The van der Waals surface area contributed by atoms with Crippen LogP contribution in [-0.4, -0.2) is 29.3 Å². The fraction of sp³-hybridized carbons (Fsp3) is 0.400. The van der Waals surface area contributed by atoms with Gasteiger partial charge in [0.2, 0.25) is 0 Å². The van der Waals surface area contributed by atoms with Crippen molar-refractivity contribution < 1.29 is 5.11 Å². The number of hydrogen-bond acceptors (Lipinski definition) is 4. The first-order valence-electron chi connectivity index (χ1n) is 4.59. The molecule has 1 atom stereocenters. The van der Waals surface area contributed by atoms with Crippen LogP contribution < -0.4 is 4.90 Å². The normalized spacial score (nSPS) is 20.9. The molecule has 0 aromatic carbocycles. The second-order valence-corrected chi connectivity index (χ2v) is 3.40. The van der Waals surface area contributed by atoms with Gasteiger partial charge in [-0.3, -0.25) is 0 Å². The summed E-state index contributed by atoms with van der Waals surface area (Å²) in [5.41, 5.74) is 0.608. The predicted octanol–water partition coefficient (Wildman–Crippen LogP) is 0.524. The number of β-amino-alcohol motifs (C(OH)–C–C–N with tert-alkyl or cyclic N) is 1. The molecule has 72 valence electrons. The van der Waals surface area contributed by atoms with E-state index in [-0.39, 0.29) is 6.10 Å². The van der Waals surface area contributed by atoms with Gasteiger partial charge in [0.15, 0.2) is 0 Å². The van der Waals surface area contributed by atoms with Crippen LogP contribution in [0.15, 0.2) is 18.3 Å². The summed E-state index contributed by atoms with van der Waals surface area (Å²) in [6, 6.07) is 5.50. The number of rotatable bonds is 1. The van der Waals surface area contributed by atoms with Gasteiger partial charge in [0.1, 0.15) is 5.82 Å². The molecule has 0 amide bonds. The van der Waals surface area contributed by atoms with Gasteiger partial charge < -0.3 is 10.0 Å². The van der Waals surface area contributed by atoms with Crippen molar-refractivity contribution in [3.8, 4) is 6.07 Å². The van der Waals surface area contributed by atoms with E-state index >= 15 is 0 Å². The van der Waals surface area contributed by atoms with E-state index in [4.69, 9.17) is 5.26 Å². The molecule has 0 spiro atoms. The third-order valence-electron chi connectivity index (χ3n) is 2.36. The van der Waals surface area contributed by atoms with Gasteiger partial charge in [-0.2, -0.15) is 5.26 Å². The summed E-state index contributed by atoms with van der Waals surface area (Å²) in [5.74, 6) is 0.778. The van der Waals surface area contributed by atoms with Crippen molar-refractivity contribution in [2.75, 3.05) is 18.0 Å². The predicted molar refractivity (Wildman–Crippen MR) is 51.8 cm³/mol. The summed E-state index contributed by atoms with van der Waals surface area (Å²) in [6.45, 7) is 1.42. The minimum absolute atomic E-state index is 0.262. The molecule has 1 aromatic heterocycles. The van der Waals surface area contributed by atoms with Crippen molar-refractivity contribution in [2.24, 2.45) is 0 Å². The Bertz CT molecular complexity index is 372. The first kappa shape index (κ1) is 8.97. The zero-order valence-corrected chi connectivity index (χ0v) is 7.72. The summed E-state index contributed by atoms with van der Waals surface area (Å²) >= 11 is 0. The summed E-state index contributed by atoms with van der Waals surface area (Å²) in [7, 11) is 0. The average molecular weight is 189 g/mol. The Morgan fingerprint density at radius 2 is 2.50 bits per heavy atom. The SMILES string of the molecule is N#Cc1ccnc(N2CC[C@@H](O)C2)c1. The molecule has 0 unspecified atom stereocenters. The van der Waals surface area contributed by atoms with Gasteiger partial charge in [-0.15, -0.1) is 0 Å². The fourth-order valence-electron chi connectivity index (χ4n) is 1.61. The van der Waals surface area contributed by atoms with Crippen molar-refractivity contribution in [3.63, 3.8) is 0 Å². The number of hydrogen-bond donors (Lipinski definition) is 1. The lowest BCUT2D eigenvalue weighted by Gasteiger charge is -2.15. The molecule has 0 bridgehead atoms. The smallest absolute Gasteiger partial charge is 0.129 e. The molecule has 4 nitrogen and oxygen atoms in total. The van der Waals surface area contributed by atoms with E-state index in [2.05, 4.69) is 11.1 Å². The molecule has 4 heteroatoms. The minimum atomic E-state index is -0.262. The van der Waals surface area contributed by atoms with Crippen LogP contribution >= 0.6 is 0 Å². The first-order valence-corrected chi connectivity index (χ1v) is 4.59. The second-order valence-electron chi connectivity index (χ2n) is 3.40. The van der Waals surface area contributed by atoms with E-state index in [1.165, 1.54) is 0 Å². The van der Waals surface area contributed by atoms with Crippen LogP contribution in [0.2, 0.25) is 0 Å². The average Bonchev–Trinajstić information content (AvgIpc) is 2.65. The summed E-state index contributed by atoms with van der Waals surface area (Å²) in [4.78, 5) is 6.16. The molecule has 1 aromatic rings. The van der Waals surface area contributed by atoms with Crippen molar-refractivity contribution >= 4 is 5.82 Å². The zero-order valence-electron chi connectivity index (χ0n) is 7.72. The van der Waals surface area contributed by atoms with Crippen molar-refractivity contribution in [1.29, 1.82) is 5.26 Å². The topological polar surface area (TPSA) is 60.2 Å². The van der Waals surface area contributed by atoms with Crippen LogP contribution in [0.1, 0.15) is 12.0 Å². The Balaban J connectivity index is 2.20. The number of pyridine rings is 1. The lowest BCUT2D eigenvalue weighted by atomic mass is 10.3. The van der Waals surface area contributed by atoms with Crippen LogP contribution in [-0.2, 0) is 0 Å². The first-order chi connectivity index (χ1) is 6.79. The van der Waals surface area contributed by atoms with Gasteiger partial charge in [-0.25, -0.2) is 4.98 Å². The third-order valence-corrected chi connectivity index (χ3v) is 2.36. The molecule has 1 aliphatic rings. The summed E-state index contributed by atoms with van der Waals surface area (Å²) in [5, 5.41) is 18.1. The third kappa shape index (κ3) is 1.68. The molecule has 1 saturated heterocycles. The standard InChI is InChI=1S/C10H11N3O/c11-6-8-1-3-12-10(5-8)13-4-2-9(14)7-13/h1,3,5,9,14H,2,4,7H2/t9-/m1/s1. The molecule has 1 N–H and O–H groups in total. The number of anilines is 1. The van der Waals surface area contributed by atoms with Crippen molar-refractivity contribution in [3.05, 3.63) is 23.9 Å². The van der Waals surface area contributed by atoms with E-state index in [0.717, 1.165) is 18.8 Å². The summed E-state index contributed by atoms with van der Waals surface area (Å²) < 4.78 is 0. The number of aromatic nitrogens is 1. The van der Waals surface area contributed by atoms with E-state index in [1.807, 2.05) is 4.90 Å². The highest BCUT2D eigenvalue weighted by atomic mass is 16.3. The molecule has 1 aliphatic heterocycles. The molecular weight excluding hydrogens is 178 g/mol. The van der Waals surface area contributed by atoms with E-state index < -0.39 is 0 Å². The lowest BCUT2D eigenvalue weighted by molar-refractivity contribution is 0.198. The maximum Gasteiger partial charge on any atom is 0.129 e. The fourth-order valence-corrected chi connectivity index (χ4v) is 1.61. The summed E-state index contributed by atoms with van der Waals surface area (Å²) in [6.07, 6.45) is 2.14. The zero-order chi connectivity index (χ0) is 9.97. The second kappa shape index (κ2) is 3.64. The molecule has 0 aliphatic carbocycles. The Hall–Kier alpha value is -1.60. The van der Waals surface area contributed by atoms with E-state index in [0.29, 0.717) is 12.1 Å². The Labute approximate surface area is 82.4 Å². The van der Waals surface area contributed by atoms with E-state index in [9.17, 15) is 5.11 Å². The minimum Gasteiger partial charge on any atom is -0.391 e. The van der Waals surface area contributed by atoms with Gasteiger partial charge in [0, 0.05) is 19.3 Å². The van der Waals surface area contributed by atoms with Crippen LogP contribution in [0.5, 0.6) is 0 Å². The highest BCUT2D eigenvalue weighted by Gasteiger charge is 2.21. The van der Waals surface area contributed by atoms with Crippen molar-refractivity contribution in [1.82, 2.24) is 4.98 Å². The van der Waals surface area contributed by atoms with Crippen LogP contribution in [0, 0.1) is 11.3 Å². The number of aliphatic hydroxyl groups is 1. The molecule has 2 heterocycles. The monoisotopic (exact) mass is 189 g/mol. The van der Waals surface area contributed by atoms with Crippen LogP contribution in [0.4, 0.5) is 5.82 Å². The van der Waals surface area contributed by atoms with Crippen LogP contribution in [0.3, 0.4) is 0 Å². The molecule has 0 saturated carbocycles. The number of aliphatic hydroxyl groups excluding tert-OH is 1. The number of nitrogens with zero attached hydrogens (tertiary/aromatic N) is 3. The Kier molecular flexibility index (Phi) is 2.33. The van der Waals surface area contributed by atoms with Gasteiger partial charge in [-0.1, -0.05) is 0 Å². The maximum absolute atomic E-state index is 9.35. The quantitative estimate of drug-likeness (QED) is 0.699. The van der Waals surface area contributed by atoms with E-state index in [1.54, 1.807) is 18.3 Å². The Morgan fingerprint density at radius 1 is 1.64 bits per heavy atom. The van der Waals surface area contributed by atoms with Gasteiger partial charge >= 0.3 is 0 Å². The number of nitriles is 1. The van der Waals surface area contributed by atoms with Crippen molar-refractivity contribution in [2.45, 2.75) is 12.5 Å². The largest absolute Gasteiger partial charge is 0.391 e. The van der Waals surface area contributed by atoms with Gasteiger partial charge in [0.05, 0.1) is 17.7 Å². The molecule has 2 rings (SSSR count). The highest BCUT2D eigenvalue weighted by Crippen LogP contribution is 2.18. The maximum atomic E-state index is 9.35. The molecule has 1 fully saturated rings. The molecule has 14 heavy (non-hydrogen) atoms. The lowest BCUT2D eigenvalue weighted by Crippen LogP contribution is -2.22. The highest BCUT2D eigenvalue weighted by molar-refractivity contribution is 5.45.